The fraction of sp³-hybridized carbons (Fsp3) is 0.611. The minimum absolute atomic E-state index is 0. The molecule has 0 saturated carbocycles. The summed E-state index contributed by atoms with van der Waals surface area (Å²) in [4.78, 5) is 15.3. The molecule has 0 bridgehead atoms. The Morgan fingerprint density at radius 2 is 2.00 bits per heavy atom. The van der Waals surface area contributed by atoms with E-state index < -0.39 is 0 Å². The second-order valence-corrected chi connectivity index (χ2v) is 8.00. The first kappa shape index (κ1) is 18.6. The number of likely N-dealkylation sites (tertiary alicyclic amines) is 1. The third-order valence-electron chi connectivity index (χ3n) is 5.21. The quantitative estimate of drug-likeness (QED) is 0.828. The SMILES string of the molecule is CC(C)(C)N1CC(c2ccccc2Cl)C2(CCCNC2)C1=O.Cl. The van der Waals surface area contributed by atoms with Gasteiger partial charge in [-0.25, -0.2) is 0 Å². The van der Waals surface area contributed by atoms with Crippen molar-refractivity contribution in [1.82, 2.24) is 10.2 Å². The molecule has 1 N–H and O–H groups in total. The third kappa shape index (κ3) is 3.11. The lowest BCUT2D eigenvalue weighted by molar-refractivity contribution is -0.141. The maximum absolute atomic E-state index is 13.3. The van der Waals surface area contributed by atoms with Gasteiger partial charge in [-0.3, -0.25) is 4.79 Å². The van der Waals surface area contributed by atoms with Gasteiger partial charge in [-0.2, -0.15) is 0 Å². The van der Waals surface area contributed by atoms with Crippen molar-refractivity contribution in [2.75, 3.05) is 19.6 Å². The molecule has 0 radical (unpaired) electrons. The molecule has 5 heteroatoms. The molecule has 1 amide bonds. The van der Waals surface area contributed by atoms with Crippen LogP contribution in [0.15, 0.2) is 24.3 Å². The topological polar surface area (TPSA) is 32.3 Å². The summed E-state index contributed by atoms with van der Waals surface area (Å²) in [7, 11) is 0. The fourth-order valence-electron chi connectivity index (χ4n) is 4.00. The molecule has 1 aromatic rings. The van der Waals surface area contributed by atoms with Crippen LogP contribution >= 0.6 is 24.0 Å². The summed E-state index contributed by atoms with van der Waals surface area (Å²) in [6, 6.07) is 8.00. The van der Waals surface area contributed by atoms with Crippen LogP contribution in [0, 0.1) is 5.41 Å². The van der Waals surface area contributed by atoms with E-state index >= 15 is 0 Å². The molecule has 2 heterocycles. The summed E-state index contributed by atoms with van der Waals surface area (Å²) in [6.07, 6.45) is 1.99. The van der Waals surface area contributed by atoms with Crippen molar-refractivity contribution in [2.24, 2.45) is 5.41 Å². The van der Waals surface area contributed by atoms with Crippen molar-refractivity contribution in [3.63, 3.8) is 0 Å². The minimum atomic E-state index is -0.337. The molecule has 2 atom stereocenters. The largest absolute Gasteiger partial charge is 0.337 e. The summed E-state index contributed by atoms with van der Waals surface area (Å²) in [5.74, 6) is 0.456. The lowest BCUT2D eigenvalue weighted by Crippen LogP contribution is -2.50. The van der Waals surface area contributed by atoms with Gasteiger partial charge < -0.3 is 10.2 Å². The highest BCUT2D eigenvalue weighted by atomic mass is 35.5. The zero-order valence-electron chi connectivity index (χ0n) is 14.1. The van der Waals surface area contributed by atoms with Crippen LogP contribution in [0.5, 0.6) is 0 Å². The van der Waals surface area contributed by atoms with Gasteiger partial charge in [-0.1, -0.05) is 29.8 Å². The maximum atomic E-state index is 13.3. The first-order valence-corrected chi connectivity index (χ1v) is 8.51. The van der Waals surface area contributed by atoms with E-state index in [0.29, 0.717) is 0 Å². The van der Waals surface area contributed by atoms with Crippen LogP contribution in [0.1, 0.15) is 45.1 Å². The Hall–Kier alpha value is -0.770. The molecule has 2 unspecified atom stereocenters. The first-order valence-electron chi connectivity index (χ1n) is 8.13. The van der Waals surface area contributed by atoms with Crippen LogP contribution in [0.2, 0.25) is 5.02 Å². The number of nitrogens with zero attached hydrogens (tertiary/aromatic N) is 1. The Balaban J connectivity index is 0.00000192. The molecule has 1 spiro atoms. The van der Waals surface area contributed by atoms with Crippen LogP contribution in [0.25, 0.3) is 0 Å². The Bertz CT molecular complexity index is 577. The van der Waals surface area contributed by atoms with Crippen molar-refractivity contribution >= 4 is 29.9 Å². The molecule has 2 aliphatic rings. The van der Waals surface area contributed by atoms with Crippen molar-refractivity contribution in [1.29, 1.82) is 0 Å². The summed E-state index contributed by atoms with van der Waals surface area (Å²) in [6.45, 7) is 8.86. The molecule has 0 aromatic heterocycles. The molecule has 2 aliphatic heterocycles. The maximum Gasteiger partial charge on any atom is 0.231 e. The predicted molar refractivity (Wildman–Crippen MR) is 97.4 cm³/mol. The molecule has 128 valence electrons. The smallest absolute Gasteiger partial charge is 0.231 e. The summed E-state index contributed by atoms with van der Waals surface area (Å²) >= 11 is 6.47. The minimum Gasteiger partial charge on any atom is -0.337 e. The summed E-state index contributed by atoms with van der Waals surface area (Å²) in [5, 5.41) is 4.23. The van der Waals surface area contributed by atoms with Crippen LogP contribution in [0.3, 0.4) is 0 Å². The average molecular weight is 357 g/mol. The molecule has 23 heavy (non-hydrogen) atoms. The van der Waals surface area contributed by atoms with Gasteiger partial charge in [0.05, 0.1) is 5.41 Å². The van der Waals surface area contributed by atoms with Gasteiger partial charge in [-0.15, -0.1) is 12.4 Å². The summed E-state index contributed by atoms with van der Waals surface area (Å²) in [5.41, 5.74) is 0.626. The van der Waals surface area contributed by atoms with E-state index in [0.717, 1.165) is 43.1 Å². The fourth-order valence-corrected chi connectivity index (χ4v) is 4.27. The second kappa shape index (κ2) is 6.62. The van der Waals surface area contributed by atoms with E-state index in [1.54, 1.807) is 0 Å². The highest BCUT2D eigenvalue weighted by molar-refractivity contribution is 6.31. The number of amides is 1. The lowest BCUT2D eigenvalue weighted by atomic mass is 9.69. The normalized spacial score (nSPS) is 28.1. The molecule has 1 aromatic carbocycles. The van der Waals surface area contributed by atoms with Gasteiger partial charge >= 0.3 is 0 Å². The van der Waals surface area contributed by atoms with E-state index in [1.165, 1.54) is 0 Å². The predicted octanol–water partition coefficient (Wildman–Crippen LogP) is 3.86. The molecule has 2 fully saturated rings. The van der Waals surface area contributed by atoms with E-state index in [2.05, 4.69) is 32.2 Å². The number of carbonyl (C=O) groups excluding carboxylic acids is 1. The van der Waals surface area contributed by atoms with Crippen molar-refractivity contribution < 1.29 is 4.79 Å². The second-order valence-electron chi connectivity index (χ2n) is 7.60. The number of rotatable bonds is 1. The standard InChI is InChI=1S/C18H25ClN2O.ClH/c1-17(2,3)21-11-14(13-7-4-5-8-15(13)19)18(16(21)22)9-6-10-20-12-18;/h4-5,7-8,14,20H,6,9-12H2,1-3H3;1H. The average Bonchev–Trinajstić information content (AvgIpc) is 2.74. The van der Waals surface area contributed by atoms with Crippen molar-refractivity contribution in [3.8, 4) is 0 Å². The van der Waals surface area contributed by atoms with Gasteiger partial charge in [0.1, 0.15) is 0 Å². The summed E-state index contributed by atoms with van der Waals surface area (Å²) < 4.78 is 0. The van der Waals surface area contributed by atoms with Gasteiger partial charge in [0.15, 0.2) is 0 Å². The first-order chi connectivity index (χ1) is 10.4. The molecule has 0 aliphatic carbocycles. The van der Waals surface area contributed by atoms with Crippen LogP contribution < -0.4 is 5.32 Å². The van der Waals surface area contributed by atoms with E-state index in [4.69, 9.17) is 11.6 Å². The van der Waals surface area contributed by atoms with E-state index in [1.807, 2.05) is 23.1 Å². The number of hydrogen-bond donors (Lipinski definition) is 1. The Kier molecular flexibility index (Phi) is 5.34. The molecule has 2 saturated heterocycles. The van der Waals surface area contributed by atoms with Crippen LogP contribution in [0.4, 0.5) is 0 Å². The van der Waals surface area contributed by atoms with Gasteiger partial charge in [-0.05, 0) is 51.8 Å². The zero-order valence-corrected chi connectivity index (χ0v) is 15.6. The number of benzene rings is 1. The number of piperidine rings is 1. The Morgan fingerprint density at radius 1 is 1.30 bits per heavy atom. The number of carbonyl (C=O) groups is 1. The molecule has 3 nitrogen and oxygen atoms in total. The van der Waals surface area contributed by atoms with Crippen molar-refractivity contribution in [3.05, 3.63) is 34.9 Å². The number of halogens is 2. The molecule has 3 rings (SSSR count). The lowest BCUT2D eigenvalue weighted by Gasteiger charge is -2.38. The van der Waals surface area contributed by atoms with Crippen LogP contribution in [-0.4, -0.2) is 36.0 Å². The van der Waals surface area contributed by atoms with Crippen LogP contribution in [-0.2, 0) is 4.79 Å². The van der Waals surface area contributed by atoms with E-state index in [9.17, 15) is 4.79 Å². The number of nitrogens with one attached hydrogen (secondary N) is 1. The van der Waals surface area contributed by atoms with Gasteiger partial charge in [0.25, 0.3) is 0 Å². The van der Waals surface area contributed by atoms with Crippen molar-refractivity contribution in [2.45, 2.75) is 45.1 Å². The van der Waals surface area contributed by atoms with Gasteiger partial charge in [0, 0.05) is 29.6 Å². The molecular weight excluding hydrogens is 331 g/mol. The highest BCUT2D eigenvalue weighted by Gasteiger charge is 2.56. The number of hydrogen-bond acceptors (Lipinski definition) is 2. The monoisotopic (exact) mass is 356 g/mol. The Labute approximate surface area is 150 Å². The van der Waals surface area contributed by atoms with E-state index in [-0.39, 0.29) is 35.2 Å². The third-order valence-corrected chi connectivity index (χ3v) is 5.55. The zero-order chi connectivity index (χ0) is 16.0. The Morgan fingerprint density at radius 3 is 2.57 bits per heavy atom. The van der Waals surface area contributed by atoms with Gasteiger partial charge in [0.2, 0.25) is 5.91 Å². The molecular formula is C18H26Cl2N2O. The highest BCUT2D eigenvalue weighted by Crippen LogP contribution is 2.50.